The number of nitrogen functional groups attached to an aromatic ring is 1. The van der Waals surface area contributed by atoms with Crippen molar-refractivity contribution in [3.05, 3.63) is 23.8 Å². The molecule has 3 heteroatoms. The molecule has 0 amide bonds. The molecule has 3 nitrogen and oxygen atoms in total. The molecule has 0 saturated carbocycles. The summed E-state index contributed by atoms with van der Waals surface area (Å²) in [4.78, 5) is 2.53. The van der Waals surface area contributed by atoms with Crippen molar-refractivity contribution >= 4 is 11.4 Å². The molecule has 0 aliphatic carbocycles. The van der Waals surface area contributed by atoms with Crippen molar-refractivity contribution < 1.29 is 0 Å². The van der Waals surface area contributed by atoms with E-state index in [0.717, 1.165) is 29.4 Å². The van der Waals surface area contributed by atoms with Gasteiger partial charge in [-0.2, -0.15) is 0 Å². The van der Waals surface area contributed by atoms with Crippen LogP contribution in [0.1, 0.15) is 25.3 Å². The second-order valence-electron chi connectivity index (χ2n) is 5.29. The summed E-state index contributed by atoms with van der Waals surface area (Å²) in [5.74, 6) is 0.785. The normalized spacial score (nSPS) is 17.9. The Balaban J connectivity index is 1.83. The Morgan fingerprint density at radius 2 is 2.06 bits per heavy atom. The first-order valence-electron chi connectivity index (χ1n) is 7.02. The van der Waals surface area contributed by atoms with E-state index in [-0.39, 0.29) is 0 Å². The molecule has 1 fully saturated rings. The predicted octanol–water partition coefficient (Wildman–Crippen LogP) is 2.72. The lowest BCUT2D eigenvalue weighted by atomic mass is 9.96. The van der Waals surface area contributed by atoms with E-state index in [1.165, 1.54) is 32.5 Å². The molecule has 2 rings (SSSR count). The molecular formula is C15H25N3. The summed E-state index contributed by atoms with van der Waals surface area (Å²) in [6, 6.07) is 6.19. The summed E-state index contributed by atoms with van der Waals surface area (Å²) in [7, 11) is 0. The van der Waals surface area contributed by atoms with Gasteiger partial charge in [0.25, 0.3) is 0 Å². The molecule has 0 atom stereocenters. The number of aryl methyl sites for hydroxylation is 1. The monoisotopic (exact) mass is 247 g/mol. The second kappa shape index (κ2) is 6.10. The summed E-state index contributed by atoms with van der Waals surface area (Å²) < 4.78 is 0. The maximum Gasteiger partial charge on any atom is 0.0579 e. The lowest BCUT2D eigenvalue weighted by Gasteiger charge is -2.31. The fraction of sp³-hybridized carbons (Fsp3) is 0.600. The molecule has 1 saturated heterocycles. The van der Waals surface area contributed by atoms with E-state index < -0.39 is 0 Å². The highest BCUT2D eigenvalue weighted by atomic mass is 15.1. The molecule has 1 aliphatic heterocycles. The largest absolute Gasteiger partial charge is 0.397 e. The molecule has 1 heterocycles. The Morgan fingerprint density at radius 3 is 2.72 bits per heavy atom. The molecule has 0 bridgehead atoms. The SMILES string of the molecule is CCN1CCC(CNc2cccc(C)c2N)CC1. The lowest BCUT2D eigenvalue weighted by molar-refractivity contribution is 0.198. The van der Waals surface area contributed by atoms with Crippen LogP contribution >= 0.6 is 0 Å². The summed E-state index contributed by atoms with van der Waals surface area (Å²) in [5.41, 5.74) is 9.21. The van der Waals surface area contributed by atoms with Gasteiger partial charge in [-0.1, -0.05) is 19.1 Å². The van der Waals surface area contributed by atoms with Crippen LogP contribution < -0.4 is 11.1 Å². The molecule has 0 aromatic heterocycles. The Bertz CT molecular complexity index is 381. The van der Waals surface area contributed by atoms with Gasteiger partial charge in [-0.15, -0.1) is 0 Å². The highest BCUT2D eigenvalue weighted by Gasteiger charge is 2.17. The van der Waals surface area contributed by atoms with Crippen molar-refractivity contribution in [2.24, 2.45) is 5.92 Å². The van der Waals surface area contributed by atoms with Crippen molar-refractivity contribution in [2.75, 3.05) is 37.2 Å². The van der Waals surface area contributed by atoms with Gasteiger partial charge >= 0.3 is 0 Å². The smallest absolute Gasteiger partial charge is 0.0579 e. The van der Waals surface area contributed by atoms with Crippen molar-refractivity contribution in [1.29, 1.82) is 0 Å². The van der Waals surface area contributed by atoms with Crippen molar-refractivity contribution in [1.82, 2.24) is 4.90 Å². The van der Waals surface area contributed by atoms with Crippen molar-refractivity contribution in [2.45, 2.75) is 26.7 Å². The summed E-state index contributed by atoms with van der Waals surface area (Å²) >= 11 is 0. The number of benzene rings is 1. The van der Waals surface area contributed by atoms with Crippen molar-refractivity contribution in [3.63, 3.8) is 0 Å². The van der Waals surface area contributed by atoms with Crippen LogP contribution in [0.3, 0.4) is 0 Å². The Kier molecular flexibility index (Phi) is 4.48. The molecule has 18 heavy (non-hydrogen) atoms. The third-order valence-electron chi connectivity index (χ3n) is 4.06. The fourth-order valence-electron chi connectivity index (χ4n) is 2.60. The van der Waals surface area contributed by atoms with Crippen LogP contribution in [0.25, 0.3) is 0 Å². The van der Waals surface area contributed by atoms with E-state index >= 15 is 0 Å². The molecule has 1 aromatic carbocycles. The molecule has 100 valence electrons. The minimum absolute atomic E-state index is 0.785. The number of nitrogens with one attached hydrogen (secondary N) is 1. The van der Waals surface area contributed by atoms with Gasteiger partial charge in [-0.25, -0.2) is 0 Å². The average Bonchev–Trinajstić information content (AvgIpc) is 2.41. The van der Waals surface area contributed by atoms with Gasteiger partial charge in [0.1, 0.15) is 0 Å². The summed E-state index contributed by atoms with van der Waals surface area (Å²) in [5, 5.41) is 3.51. The van der Waals surface area contributed by atoms with E-state index in [2.05, 4.69) is 42.3 Å². The van der Waals surface area contributed by atoms with Crippen molar-refractivity contribution in [3.8, 4) is 0 Å². The van der Waals surface area contributed by atoms with Crippen LogP contribution in [0.5, 0.6) is 0 Å². The number of nitrogens with two attached hydrogens (primary N) is 1. The fourth-order valence-corrected chi connectivity index (χ4v) is 2.60. The summed E-state index contributed by atoms with van der Waals surface area (Å²) in [6.07, 6.45) is 2.60. The lowest BCUT2D eigenvalue weighted by Crippen LogP contribution is -2.35. The van der Waals surface area contributed by atoms with Gasteiger partial charge in [0.05, 0.1) is 11.4 Å². The van der Waals surface area contributed by atoms with Gasteiger partial charge in [0.15, 0.2) is 0 Å². The van der Waals surface area contributed by atoms with Crippen LogP contribution in [-0.4, -0.2) is 31.1 Å². The molecular weight excluding hydrogens is 222 g/mol. The zero-order valence-electron chi connectivity index (χ0n) is 11.6. The topological polar surface area (TPSA) is 41.3 Å². The molecule has 1 aliphatic rings. The van der Waals surface area contributed by atoms with E-state index in [4.69, 9.17) is 5.73 Å². The number of anilines is 2. The van der Waals surface area contributed by atoms with Gasteiger partial charge in [0, 0.05) is 6.54 Å². The number of para-hydroxylation sites is 1. The van der Waals surface area contributed by atoms with Gasteiger partial charge < -0.3 is 16.0 Å². The number of likely N-dealkylation sites (tertiary alicyclic amines) is 1. The Morgan fingerprint density at radius 1 is 1.33 bits per heavy atom. The third-order valence-corrected chi connectivity index (χ3v) is 4.06. The molecule has 1 aromatic rings. The highest BCUT2D eigenvalue weighted by molar-refractivity contribution is 5.69. The van der Waals surface area contributed by atoms with E-state index in [0.29, 0.717) is 0 Å². The first-order chi connectivity index (χ1) is 8.70. The minimum Gasteiger partial charge on any atom is -0.397 e. The van der Waals surface area contributed by atoms with Crippen LogP contribution in [0.15, 0.2) is 18.2 Å². The zero-order valence-corrected chi connectivity index (χ0v) is 11.6. The molecule has 0 spiro atoms. The number of hydrogen-bond donors (Lipinski definition) is 2. The first kappa shape index (κ1) is 13.2. The standard InChI is InChI=1S/C15H25N3/c1-3-18-9-7-13(8-10-18)11-17-14-6-4-5-12(2)15(14)16/h4-6,13,17H,3,7-11,16H2,1-2H3. The van der Waals surface area contributed by atoms with Crippen LogP contribution in [0, 0.1) is 12.8 Å². The van der Waals surface area contributed by atoms with Gasteiger partial charge in [-0.05, 0) is 56.9 Å². The Hall–Kier alpha value is -1.22. The zero-order chi connectivity index (χ0) is 13.0. The average molecular weight is 247 g/mol. The van der Waals surface area contributed by atoms with Crippen LogP contribution in [0.4, 0.5) is 11.4 Å². The molecule has 0 radical (unpaired) electrons. The molecule has 3 N–H and O–H groups in total. The minimum atomic E-state index is 0.785. The summed E-state index contributed by atoms with van der Waals surface area (Å²) in [6.45, 7) is 9.01. The number of hydrogen-bond acceptors (Lipinski definition) is 3. The molecule has 0 unspecified atom stereocenters. The Labute approximate surface area is 110 Å². The third kappa shape index (κ3) is 3.16. The first-order valence-corrected chi connectivity index (χ1v) is 7.02. The predicted molar refractivity (Wildman–Crippen MR) is 78.9 cm³/mol. The van der Waals surface area contributed by atoms with Crippen LogP contribution in [0.2, 0.25) is 0 Å². The number of piperidine rings is 1. The van der Waals surface area contributed by atoms with Gasteiger partial charge in [-0.3, -0.25) is 0 Å². The van der Waals surface area contributed by atoms with Gasteiger partial charge in [0.2, 0.25) is 0 Å². The quantitative estimate of drug-likeness (QED) is 0.804. The maximum atomic E-state index is 6.07. The van der Waals surface area contributed by atoms with E-state index in [9.17, 15) is 0 Å². The van der Waals surface area contributed by atoms with Crippen LogP contribution in [-0.2, 0) is 0 Å². The van der Waals surface area contributed by atoms with E-state index in [1.54, 1.807) is 0 Å². The number of rotatable bonds is 4. The van der Waals surface area contributed by atoms with E-state index in [1.807, 2.05) is 0 Å². The maximum absolute atomic E-state index is 6.07. The second-order valence-corrected chi connectivity index (χ2v) is 5.29. The highest BCUT2D eigenvalue weighted by Crippen LogP contribution is 2.23. The number of nitrogens with zero attached hydrogens (tertiary/aromatic N) is 1.